The van der Waals surface area contributed by atoms with Gasteiger partial charge in [-0.15, -0.1) is 0 Å². The van der Waals surface area contributed by atoms with Gasteiger partial charge in [-0.05, 0) is 22.6 Å². The minimum atomic E-state index is -2.74. The molecule has 0 spiro atoms. The summed E-state index contributed by atoms with van der Waals surface area (Å²) in [6, 6.07) is 1.13. The lowest BCUT2D eigenvalue weighted by Crippen LogP contribution is -2.02. The minimum absolute atomic E-state index is 0.0441. The fourth-order valence-electron chi connectivity index (χ4n) is 0.842. The summed E-state index contributed by atoms with van der Waals surface area (Å²) in [6.45, 7) is 0. The van der Waals surface area contributed by atoms with Crippen LogP contribution < -0.4 is 0 Å². The van der Waals surface area contributed by atoms with Crippen molar-refractivity contribution < 1.29 is 13.2 Å². The second-order valence-corrected chi connectivity index (χ2v) is 3.89. The van der Waals surface area contributed by atoms with Crippen LogP contribution in [0.1, 0.15) is 17.7 Å². The molecule has 0 saturated heterocycles. The molecule has 0 aliphatic carbocycles. The second-order valence-electron chi connectivity index (χ2n) is 2.22. The Labute approximate surface area is 95.0 Å². The summed E-state index contributed by atoms with van der Waals surface area (Å²) in [7, 11) is 0. The molecule has 1 aromatic heterocycles. The first-order valence-corrected chi connectivity index (χ1v) is 5.45. The third kappa shape index (κ3) is 2.55. The maximum atomic E-state index is 13.1. The Balaban J connectivity index is 3.29. The van der Waals surface area contributed by atoms with Crippen LogP contribution in [0.2, 0.25) is 0 Å². The SMILES string of the molecule is Fc1cc(I)nc(C(F)F)c1CBr. The Hall–Kier alpha value is 0.150. The molecule has 13 heavy (non-hydrogen) atoms. The summed E-state index contributed by atoms with van der Waals surface area (Å²) >= 11 is 4.63. The van der Waals surface area contributed by atoms with Crippen molar-refractivity contribution in [3.63, 3.8) is 0 Å². The Morgan fingerprint density at radius 1 is 1.54 bits per heavy atom. The van der Waals surface area contributed by atoms with Crippen LogP contribution in [0.25, 0.3) is 0 Å². The predicted octanol–water partition coefficient (Wildman–Crippen LogP) is 3.66. The number of hydrogen-bond acceptors (Lipinski definition) is 1. The zero-order valence-electron chi connectivity index (χ0n) is 6.20. The fraction of sp³-hybridized carbons (Fsp3) is 0.286. The average Bonchev–Trinajstić information content (AvgIpc) is 2.02. The second kappa shape index (κ2) is 4.59. The van der Waals surface area contributed by atoms with E-state index in [4.69, 9.17) is 0 Å². The first-order valence-electron chi connectivity index (χ1n) is 3.25. The Morgan fingerprint density at radius 2 is 2.15 bits per heavy atom. The standard InChI is InChI=1S/C7H4BrF3IN/c8-2-3-4(9)1-5(12)13-6(3)7(10)11/h1,7H,2H2. The van der Waals surface area contributed by atoms with Gasteiger partial charge < -0.3 is 0 Å². The number of halogens is 5. The summed E-state index contributed by atoms with van der Waals surface area (Å²) in [5.74, 6) is -0.647. The highest BCUT2D eigenvalue weighted by molar-refractivity contribution is 14.1. The van der Waals surface area contributed by atoms with E-state index in [1.165, 1.54) is 0 Å². The normalized spacial score (nSPS) is 10.9. The van der Waals surface area contributed by atoms with E-state index in [0.29, 0.717) is 0 Å². The van der Waals surface area contributed by atoms with Crippen LogP contribution in [0.5, 0.6) is 0 Å². The molecule has 72 valence electrons. The highest BCUT2D eigenvalue weighted by Gasteiger charge is 2.18. The number of nitrogens with zero attached hydrogens (tertiary/aromatic N) is 1. The number of hydrogen-bond donors (Lipinski definition) is 0. The van der Waals surface area contributed by atoms with Crippen molar-refractivity contribution in [1.82, 2.24) is 4.98 Å². The van der Waals surface area contributed by atoms with E-state index in [1.807, 2.05) is 0 Å². The molecule has 0 radical (unpaired) electrons. The van der Waals surface area contributed by atoms with Gasteiger partial charge in [0, 0.05) is 17.0 Å². The zero-order valence-corrected chi connectivity index (χ0v) is 9.94. The van der Waals surface area contributed by atoms with Gasteiger partial charge >= 0.3 is 0 Å². The van der Waals surface area contributed by atoms with E-state index in [9.17, 15) is 13.2 Å². The lowest BCUT2D eigenvalue weighted by molar-refractivity contribution is 0.144. The van der Waals surface area contributed by atoms with Crippen molar-refractivity contribution in [2.75, 3.05) is 0 Å². The van der Waals surface area contributed by atoms with Crippen LogP contribution in [0.4, 0.5) is 13.2 Å². The number of pyridine rings is 1. The largest absolute Gasteiger partial charge is 0.280 e. The van der Waals surface area contributed by atoms with Gasteiger partial charge in [-0.25, -0.2) is 18.2 Å². The molecule has 0 aliphatic rings. The summed E-state index contributed by atoms with van der Waals surface area (Å²) in [5, 5.41) is 0.0441. The van der Waals surface area contributed by atoms with Crippen molar-refractivity contribution in [3.05, 3.63) is 26.8 Å². The molecule has 1 aromatic rings. The molecule has 0 atom stereocenters. The smallest absolute Gasteiger partial charge is 0.240 e. The third-order valence-corrected chi connectivity index (χ3v) is 2.52. The van der Waals surface area contributed by atoms with Crippen LogP contribution in [-0.4, -0.2) is 4.98 Å². The minimum Gasteiger partial charge on any atom is -0.240 e. The Morgan fingerprint density at radius 3 is 2.62 bits per heavy atom. The van der Waals surface area contributed by atoms with Crippen LogP contribution in [0.15, 0.2) is 6.07 Å². The molecule has 1 rings (SSSR count). The van der Waals surface area contributed by atoms with Crippen molar-refractivity contribution in [2.24, 2.45) is 0 Å². The van der Waals surface area contributed by atoms with E-state index in [0.717, 1.165) is 6.07 Å². The first-order chi connectivity index (χ1) is 6.06. The van der Waals surface area contributed by atoms with Crippen LogP contribution in [0, 0.1) is 9.52 Å². The monoisotopic (exact) mass is 365 g/mol. The van der Waals surface area contributed by atoms with Crippen LogP contribution in [0.3, 0.4) is 0 Å². The van der Waals surface area contributed by atoms with Gasteiger partial charge in [0.05, 0.1) is 0 Å². The molecular formula is C7H4BrF3IN. The summed E-state index contributed by atoms with van der Waals surface area (Å²) < 4.78 is 37.9. The Kier molecular flexibility index (Phi) is 3.96. The van der Waals surface area contributed by atoms with Gasteiger partial charge in [0.15, 0.2) is 0 Å². The van der Waals surface area contributed by atoms with Crippen molar-refractivity contribution >= 4 is 38.5 Å². The maximum absolute atomic E-state index is 13.1. The molecule has 0 amide bonds. The molecule has 0 fully saturated rings. The van der Waals surface area contributed by atoms with E-state index in [1.54, 1.807) is 22.6 Å². The van der Waals surface area contributed by atoms with Crippen LogP contribution in [-0.2, 0) is 5.33 Å². The molecule has 0 aliphatic heterocycles. The molecule has 1 heterocycles. The van der Waals surface area contributed by atoms with Gasteiger partial charge in [-0.2, -0.15) is 0 Å². The Bertz CT molecular complexity index is 319. The first kappa shape index (κ1) is 11.2. The average molecular weight is 366 g/mol. The van der Waals surface area contributed by atoms with Gasteiger partial charge in [-0.1, -0.05) is 15.9 Å². The molecular weight excluding hydrogens is 362 g/mol. The van der Waals surface area contributed by atoms with Gasteiger partial charge in [0.25, 0.3) is 6.43 Å². The van der Waals surface area contributed by atoms with Crippen molar-refractivity contribution in [3.8, 4) is 0 Å². The van der Waals surface area contributed by atoms with Gasteiger partial charge in [0.2, 0.25) is 0 Å². The quantitative estimate of drug-likeness (QED) is 0.443. The van der Waals surface area contributed by atoms with E-state index >= 15 is 0 Å². The third-order valence-electron chi connectivity index (χ3n) is 1.41. The molecule has 0 saturated carbocycles. The lowest BCUT2D eigenvalue weighted by atomic mass is 10.2. The van der Waals surface area contributed by atoms with Crippen molar-refractivity contribution in [2.45, 2.75) is 11.8 Å². The van der Waals surface area contributed by atoms with Crippen LogP contribution >= 0.6 is 38.5 Å². The van der Waals surface area contributed by atoms with Gasteiger partial charge in [-0.3, -0.25) is 0 Å². The molecule has 0 N–H and O–H groups in total. The number of aromatic nitrogens is 1. The molecule has 0 unspecified atom stereocenters. The summed E-state index contributed by atoms with van der Waals surface area (Å²) in [5.41, 5.74) is -0.559. The zero-order chi connectivity index (χ0) is 10.0. The topological polar surface area (TPSA) is 12.9 Å². The summed E-state index contributed by atoms with van der Waals surface area (Å²) in [6.07, 6.45) is -2.74. The number of rotatable bonds is 2. The van der Waals surface area contributed by atoms with Crippen molar-refractivity contribution in [1.29, 1.82) is 0 Å². The van der Waals surface area contributed by atoms with E-state index in [-0.39, 0.29) is 14.6 Å². The van der Waals surface area contributed by atoms with Gasteiger partial charge in [0.1, 0.15) is 15.2 Å². The molecule has 6 heteroatoms. The van der Waals surface area contributed by atoms with E-state index < -0.39 is 17.9 Å². The fourth-order valence-corrected chi connectivity index (χ4v) is 1.93. The lowest BCUT2D eigenvalue weighted by Gasteiger charge is -2.06. The molecule has 0 aromatic carbocycles. The highest BCUT2D eigenvalue weighted by atomic mass is 127. The maximum Gasteiger partial charge on any atom is 0.280 e. The summed E-state index contributed by atoms with van der Waals surface area (Å²) in [4.78, 5) is 3.57. The van der Waals surface area contributed by atoms with E-state index in [2.05, 4.69) is 20.9 Å². The highest BCUT2D eigenvalue weighted by Crippen LogP contribution is 2.25. The predicted molar refractivity (Wildman–Crippen MR) is 54.5 cm³/mol. The molecule has 0 bridgehead atoms. The molecule has 1 nitrogen and oxygen atoms in total. The number of alkyl halides is 3.